The number of carboxylic acids is 1. The lowest BCUT2D eigenvalue weighted by atomic mass is 9.88. The Hall–Kier alpha value is -8.02. The molecule has 7 rings (SSSR count). The first-order chi connectivity index (χ1) is 40.9. The molecule has 19 heteroatoms. The van der Waals surface area contributed by atoms with Gasteiger partial charge in [-0.15, -0.1) is 0 Å². The molecule has 7 aromatic rings. The average Bonchev–Trinajstić information content (AvgIpc) is 3.21. The fraction of sp³-hybridized carbons (Fsp3) is 0.338. The van der Waals surface area contributed by atoms with E-state index in [2.05, 4.69) is 16.0 Å². The molecule has 0 atom stereocenters. The van der Waals surface area contributed by atoms with Crippen LogP contribution in [0.1, 0.15) is 126 Å². The second kappa shape index (κ2) is 33.8. The standard InChI is InChI=1S/C20H21ClO4.C17H18ClNO4.C16H16ClNO3.C15H22O3/c1-13(2)24-19(23)20(3,4)25-17-11-7-15(8-12-17)18(22)14-5-9-16(21)10-6-14;1-17(2,23-15-8-6-12(18)7-9-15)16(21)22-11-14-5-3-4-13(10-20)19-14;1-16(2,21-14-7-5-13(17)6-8-14)15(19)20-11-12-4-3-9-18-10-12;1-11-6-7-12(2)13(10-11)18-9-5-8-15(3,4)14(16)17/h5-13H,1-4H3;3-9,20H,10-11H2,1-2H3;3-10H,11H2,1-2H3;6-7,10H,5,8-9H2,1-4H3,(H,16,17). The van der Waals surface area contributed by atoms with Crippen LogP contribution in [0, 0.1) is 19.3 Å². The molecule has 5 aromatic carbocycles. The van der Waals surface area contributed by atoms with E-state index in [1.54, 1.807) is 203 Å². The third kappa shape index (κ3) is 25.1. The number of ether oxygens (including phenoxy) is 7. The second-order valence-corrected chi connectivity index (χ2v) is 23.6. The van der Waals surface area contributed by atoms with Crippen molar-refractivity contribution >= 4 is 64.5 Å². The minimum Gasteiger partial charge on any atom is -0.493 e. The monoisotopic (exact) mass is 1250 g/mol. The summed E-state index contributed by atoms with van der Waals surface area (Å²) in [5.74, 6) is 0.200. The lowest BCUT2D eigenvalue weighted by molar-refractivity contribution is -0.163. The largest absolute Gasteiger partial charge is 0.493 e. The summed E-state index contributed by atoms with van der Waals surface area (Å²) in [5, 5.41) is 19.8. The van der Waals surface area contributed by atoms with Crippen molar-refractivity contribution in [3.8, 4) is 23.0 Å². The van der Waals surface area contributed by atoms with Gasteiger partial charge in [0.25, 0.3) is 0 Å². The Morgan fingerprint density at radius 3 is 1.49 bits per heavy atom. The Kier molecular flexibility index (Phi) is 27.7. The van der Waals surface area contributed by atoms with E-state index < -0.39 is 46.1 Å². The maximum absolute atomic E-state index is 12.4. The van der Waals surface area contributed by atoms with E-state index in [1.807, 2.05) is 32.0 Å². The summed E-state index contributed by atoms with van der Waals surface area (Å²) >= 11 is 17.5. The van der Waals surface area contributed by atoms with Crippen LogP contribution in [0.4, 0.5) is 0 Å². The van der Waals surface area contributed by atoms with Crippen LogP contribution in [0.15, 0.2) is 158 Å². The highest BCUT2D eigenvalue weighted by atomic mass is 35.5. The molecular formula is C68H77Cl3N2O14. The highest BCUT2D eigenvalue weighted by molar-refractivity contribution is 6.31. The molecule has 0 aliphatic rings. The maximum atomic E-state index is 12.4. The molecular weight excluding hydrogens is 1180 g/mol. The first kappa shape index (κ1) is 71.5. The fourth-order valence-corrected chi connectivity index (χ4v) is 7.67. The number of nitrogens with zero attached hydrogens (tertiary/aromatic N) is 2. The number of carbonyl (C=O) groups excluding carboxylic acids is 4. The molecule has 0 aliphatic carbocycles. The lowest BCUT2D eigenvalue weighted by Gasteiger charge is -2.25. The molecule has 0 saturated heterocycles. The number of carbonyl (C=O) groups is 5. The van der Waals surface area contributed by atoms with Crippen molar-refractivity contribution in [2.24, 2.45) is 5.41 Å². The Morgan fingerprint density at radius 2 is 1.02 bits per heavy atom. The van der Waals surface area contributed by atoms with Gasteiger partial charge in [-0.3, -0.25) is 19.6 Å². The zero-order valence-corrected chi connectivity index (χ0v) is 53.4. The fourth-order valence-electron chi connectivity index (χ4n) is 7.30. The number of rotatable bonds is 23. The highest BCUT2D eigenvalue weighted by Gasteiger charge is 2.34. The molecule has 0 bridgehead atoms. The minimum atomic E-state index is -1.15. The number of aliphatic carboxylic acids is 1. The first-order valence-electron chi connectivity index (χ1n) is 27.8. The normalized spacial score (nSPS) is 11.2. The van der Waals surface area contributed by atoms with Crippen LogP contribution < -0.4 is 18.9 Å². The zero-order chi connectivity index (χ0) is 64.5. The van der Waals surface area contributed by atoms with Crippen LogP contribution in [0.3, 0.4) is 0 Å². The van der Waals surface area contributed by atoms with E-state index in [4.69, 9.17) is 78.2 Å². The van der Waals surface area contributed by atoms with Gasteiger partial charge in [0.15, 0.2) is 22.6 Å². The van der Waals surface area contributed by atoms with Gasteiger partial charge >= 0.3 is 23.9 Å². The third-order valence-corrected chi connectivity index (χ3v) is 13.1. The molecule has 16 nitrogen and oxygen atoms in total. The van der Waals surface area contributed by atoms with Gasteiger partial charge in [-0.1, -0.05) is 59.1 Å². The molecule has 2 aromatic heterocycles. The van der Waals surface area contributed by atoms with E-state index in [-0.39, 0.29) is 31.7 Å². The summed E-state index contributed by atoms with van der Waals surface area (Å²) < 4.78 is 38.4. The van der Waals surface area contributed by atoms with Crippen LogP contribution in [-0.4, -0.2) is 79.4 Å². The number of pyridine rings is 2. The molecule has 0 unspecified atom stereocenters. The van der Waals surface area contributed by atoms with E-state index in [0.717, 1.165) is 23.3 Å². The average molecular weight is 1250 g/mol. The SMILES string of the molecule is CC(C)(Oc1ccc(Cl)cc1)C(=O)OCc1cccc(CO)n1.CC(C)(Oc1ccc(Cl)cc1)C(=O)OCc1cccnc1.CC(C)OC(=O)C(C)(C)Oc1ccc(C(=O)c2ccc(Cl)cc2)cc1.Cc1ccc(C)c(OCCCC(C)(C)C(=O)O)c1. The first-order valence-corrected chi connectivity index (χ1v) is 28.9. The van der Waals surface area contributed by atoms with Crippen molar-refractivity contribution in [2.75, 3.05) is 6.61 Å². The third-order valence-electron chi connectivity index (χ3n) is 12.4. The number of esters is 3. The second-order valence-electron chi connectivity index (χ2n) is 22.3. The summed E-state index contributed by atoms with van der Waals surface area (Å²) in [6, 6.07) is 41.8. The quantitative estimate of drug-likeness (QED) is 0.0263. The van der Waals surface area contributed by atoms with Gasteiger partial charge < -0.3 is 43.4 Å². The number of carboxylic acid groups (broad SMARTS) is 1. The Morgan fingerprint density at radius 1 is 0.563 bits per heavy atom. The molecule has 0 radical (unpaired) electrons. The number of aliphatic hydroxyl groups excluding tert-OH is 1. The molecule has 87 heavy (non-hydrogen) atoms. The number of aryl methyl sites for hydroxylation is 2. The molecule has 0 spiro atoms. The van der Waals surface area contributed by atoms with Crippen molar-refractivity contribution in [2.45, 2.75) is 139 Å². The molecule has 2 N–H and O–H groups in total. The summed E-state index contributed by atoms with van der Waals surface area (Å²) in [6.45, 7) is 21.5. The molecule has 2 heterocycles. The molecule has 0 saturated carbocycles. The summed E-state index contributed by atoms with van der Waals surface area (Å²) in [5.41, 5.74) is 1.24. The van der Waals surface area contributed by atoms with Gasteiger partial charge in [0.2, 0.25) is 0 Å². The smallest absolute Gasteiger partial charge is 0.350 e. The number of aromatic nitrogens is 2. The topological polar surface area (TPSA) is 216 Å². The highest BCUT2D eigenvalue weighted by Crippen LogP contribution is 2.27. The van der Waals surface area contributed by atoms with Crippen molar-refractivity contribution in [3.05, 3.63) is 212 Å². The van der Waals surface area contributed by atoms with Crippen LogP contribution in [0.2, 0.25) is 15.1 Å². The van der Waals surface area contributed by atoms with E-state index in [9.17, 15) is 24.0 Å². The van der Waals surface area contributed by atoms with Crippen molar-refractivity contribution in [1.29, 1.82) is 0 Å². The van der Waals surface area contributed by atoms with Crippen molar-refractivity contribution < 1.29 is 67.3 Å². The van der Waals surface area contributed by atoms with Gasteiger partial charge in [-0.2, -0.15) is 0 Å². The van der Waals surface area contributed by atoms with E-state index >= 15 is 0 Å². The van der Waals surface area contributed by atoms with Crippen LogP contribution in [-0.2, 0) is 53.2 Å². The lowest BCUT2D eigenvalue weighted by Crippen LogP contribution is -2.40. The van der Waals surface area contributed by atoms with Gasteiger partial charge in [0.05, 0.1) is 36.1 Å². The predicted octanol–water partition coefficient (Wildman–Crippen LogP) is 15.0. The summed E-state index contributed by atoms with van der Waals surface area (Å²) in [4.78, 5) is 67.9. The molecule has 0 aliphatic heterocycles. The minimum absolute atomic E-state index is 0.0140. The molecule has 464 valence electrons. The Labute approximate surface area is 525 Å². The number of benzene rings is 5. The number of aliphatic hydroxyl groups is 1. The zero-order valence-electron chi connectivity index (χ0n) is 51.2. The van der Waals surface area contributed by atoms with Crippen LogP contribution in [0.5, 0.6) is 23.0 Å². The Bertz CT molecular complexity index is 3320. The molecule has 0 amide bonds. The number of ketones is 1. The van der Waals surface area contributed by atoms with Crippen molar-refractivity contribution in [3.63, 3.8) is 0 Å². The summed E-state index contributed by atoms with van der Waals surface area (Å²) in [7, 11) is 0. The van der Waals surface area contributed by atoms with Crippen LogP contribution >= 0.6 is 34.8 Å². The van der Waals surface area contributed by atoms with Crippen LogP contribution in [0.25, 0.3) is 0 Å². The maximum Gasteiger partial charge on any atom is 0.350 e. The van der Waals surface area contributed by atoms with Gasteiger partial charge in [-0.05, 0) is 228 Å². The van der Waals surface area contributed by atoms with Gasteiger partial charge in [0, 0.05) is 44.2 Å². The summed E-state index contributed by atoms with van der Waals surface area (Å²) in [6.07, 6.45) is 4.47. The van der Waals surface area contributed by atoms with E-state index in [0.29, 0.717) is 67.9 Å². The number of hydrogen-bond donors (Lipinski definition) is 2. The van der Waals surface area contributed by atoms with Gasteiger partial charge in [-0.25, -0.2) is 14.4 Å². The number of halogens is 3. The predicted molar refractivity (Wildman–Crippen MR) is 336 cm³/mol. The number of hydrogen-bond acceptors (Lipinski definition) is 15. The Balaban J connectivity index is 0.000000250. The molecule has 0 fully saturated rings. The van der Waals surface area contributed by atoms with E-state index in [1.165, 1.54) is 5.56 Å². The van der Waals surface area contributed by atoms with Crippen molar-refractivity contribution in [1.82, 2.24) is 9.97 Å². The van der Waals surface area contributed by atoms with Gasteiger partial charge in [0.1, 0.15) is 36.2 Å².